The fraction of sp³-hybridized carbons (Fsp3) is 0.600. The topological polar surface area (TPSA) is 20.2 Å². The summed E-state index contributed by atoms with van der Waals surface area (Å²) in [7, 11) is 0. The minimum absolute atomic E-state index is 0.233. The molecular weight excluding hydrogens is 251 g/mol. The maximum Gasteiger partial charge on any atom is 0.129 e. The van der Waals surface area contributed by atoms with Crippen molar-refractivity contribution in [2.24, 2.45) is 5.41 Å². The van der Waals surface area contributed by atoms with Crippen LogP contribution in [0.15, 0.2) is 12.1 Å². The van der Waals surface area contributed by atoms with Gasteiger partial charge in [-0.05, 0) is 55.7 Å². The Bertz CT molecular complexity index is 458. The third-order valence-corrected chi connectivity index (χ3v) is 4.59. The van der Waals surface area contributed by atoms with Crippen LogP contribution in [0.5, 0.6) is 0 Å². The van der Waals surface area contributed by atoms with Crippen molar-refractivity contribution < 1.29 is 9.50 Å². The first-order chi connectivity index (χ1) is 8.23. The summed E-state index contributed by atoms with van der Waals surface area (Å²) in [6.45, 7) is 6.14. The highest BCUT2D eigenvalue weighted by Gasteiger charge is 2.39. The predicted molar refractivity (Wildman–Crippen MR) is 72.3 cm³/mol. The summed E-state index contributed by atoms with van der Waals surface area (Å²) in [5.41, 5.74) is 0.236. The lowest BCUT2D eigenvalue weighted by molar-refractivity contribution is -0.0331. The molecule has 0 atom stereocenters. The summed E-state index contributed by atoms with van der Waals surface area (Å²) >= 11 is 6.05. The number of rotatable bonds is 1. The molecule has 0 radical (unpaired) electrons. The van der Waals surface area contributed by atoms with Gasteiger partial charge in [0.05, 0.1) is 5.60 Å². The van der Waals surface area contributed by atoms with E-state index in [-0.39, 0.29) is 11.2 Å². The van der Waals surface area contributed by atoms with Gasteiger partial charge in [0.25, 0.3) is 0 Å². The Morgan fingerprint density at radius 2 is 1.72 bits per heavy atom. The molecule has 1 aliphatic carbocycles. The lowest BCUT2D eigenvalue weighted by Crippen LogP contribution is -2.35. The van der Waals surface area contributed by atoms with Crippen LogP contribution in [0.1, 0.15) is 50.7 Å². The van der Waals surface area contributed by atoms with Crippen molar-refractivity contribution >= 4 is 11.6 Å². The van der Waals surface area contributed by atoms with Gasteiger partial charge in [0, 0.05) is 10.6 Å². The smallest absolute Gasteiger partial charge is 0.129 e. The van der Waals surface area contributed by atoms with Gasteiger partial charge in [0.1, 0.15) is 5.82 Å². The molecule has 3 heteroatoms. The molecule has 2 rings (SSSR count). The summed E-state index contributed by atoms with van der Waals surface area (Å²) in [6.07, 6.45) is 2.98. The summed E-state index contributed by atoms with van der Waals surface area (Å²) in [5.74, 6) is -0.348. The molecule has 1 fully saturated rings. The Hall–Kier alpha value is -0.600. The van der Waals surface area contributed by atoms with Crippen molar-refractivity contribution in [1.82, 2.24) is 0 Å². The lowest BCUT2D eigenvalue weighted by atomic mass is 9.68. The van der Waals surface area contributed by atoms with E-state index >= 15 is 0 Å². The lowest BCUT2D eigenvalue weighted by Gasteiger charge is -2.40. The van der Waals surface area contributed by atoms with Gasteiger partial charge in [0.2, 0.25) is 0 Å². The second-order valence-electron chi connectivity index (χ2n) is 6.28. The van der Waals surface area contributed by atoms with Crippen molar-refractivity contribution in [1.29, 1.82) is 0 Å². The van der Waals surface area contributed by atoms with Gasteiger partial charge in [0.15, 0.2) is 0 Å². The van der Waals surface area contributed by atoms with Gasteiger partial charge in [-0.25, -0.2) is 4.39 Å². The maximum atomic E-state index is 14.0. The van der Waals surface area contributed by atoms with Crippen LogP contribution >= 0.6 is 11.6 Å². The average Bonchev–Trinajstić information content (AvgIpc) is 2.28. The van der Waals surface area contributed by atoms with Crippen LogP contribution in [0, 0.1) is 18.2 Å². The normalized spacial score (nSPS) is 21.9. The third-order valence-electron chi connectivity index (χ3n) is 4.18. The molecular formula is C15H20ClFO. The zero-order valence-electron chi connectivity index (χ0n) is 11.2. The van der Waals surface area contributed by atoms with Crippen molar-refractivity contribution in [3.63, 3.8) is 0 Å². The molecule has 1 aromatic carbocycles. The van der Waals surface area contributed by atoms with Crippen molar-refractivity contribution in [3.05, 3.63) is 34.1 Å². The number of halogens is 2. The van der Waals surface area contributed by atoms with Gasteiger partial charge in [-0.1, -0.05) is 25.4 Å². The summed E-state index contributed by atoms with van der Waals surface area (Å²) in [6, 6.07) is 3.00. The van der Waals surface area contributed by atoms with Crippen LogP contribution in [0.3, 0.4) is 0 Å². The van der Waals surface area contributed by atoms with Gasteiger partial charge in [-0.3, -0.25) is 0 Å². The van der Waals surface area contributed by atoms with E-state index in [1.165, 1.54) is 6.07 Å². The summed E-state index contributed by atoms with van der Waals surface area (Å²) in [5, 5.41) is 11.2. The van der Waals surface area contributed by atoms with E-state index in [9.17, 15) is 9.50 Å². The summed E-state index contributed by atoms with van der Waals surface area (Å²) in [4.78, 5) is 0. The van der Waals surface area contributed by atoms with Gasteiger partial charge < -0.3 is 5.11 Å². The van der Waals surface area contributed by atoms with Crippen LogP contribution in [0.25, 0.3) is 0 Å². The van der Waals surface area contributed by atoms with Gasteiger partial charge in [-0.2, -0.15) is 0 Å². The van der Waals surface area contributed by atoms with Gasteiger partial charge in [-0.15, -0.1) is 0 Å². The minimum Gasteiger partial charge on any atom is -0.385 e. The van der Waals surface area contributed by atoms with E-state index in [4.69, 9.17) is 11.6 Å². The fourth-order valence-corrected chi connectivity index (χ4v) is 2.78. The predicted octanol–water partition coefficient (Wildman–Crippen LogP) is 4.58. The fourth-order valence-electron chi connectivity index (χ4n) is 2.61. The van der Waals surface area contributed by atoms with Crippen LogP contribution in [-0.2, 0) is 5.60 Å². The van der Waals surface area contributed by atoms with Gasteiger partial charge >= 0.3 is 0 Å². The Balaban J connectivity index is 2.34. The van der Waals surface area contributed by atoms with Crippen LogP contribution in [0.2, 0.25) is 5.02 Å². The maximum absolute atomic E-state index is 14.0. The average molecular weight is 271 g/mol. The Morgan fingerprint density at radius 3 is 2.28 bits per heavy atom. The number of aliphatic hydroxyl groups is 1. The van der Waals surface area contributed by atoms with E-state index in [0.29, 0.717) is 29.0 Å². The Morgan fingerprint density at radius 1 is 1.17 bits per heavy atom. The molecule has 0 aromatic heterocycles. The third kappa shape index (κ3) is 2.55. The van der Waals surface area contributed by atoms with Crippen molar-refractivity contribution in [2.45, 2.75) is 52.1 Å². The molecule has 1 nitrogen and oxygen atoms in total. The second-order valence-corrected chi connectivity index (χ2v) is 6.68. The molecule has 0 unspecified atom stereocenters. The summed E-state index contributed by atoms with van der Waals surface area (Å²) < 4.78 is 14.0. The molecule has 1 saturated carbocycles. The van der Waals surface area contributed by atoms with E-state index in [0.717, 1.165) is 12.8 Å². The molecule has 0 aliphatic heterocycles. The first-order valence-electron chi connectivity index (χ1n) is 6.42. The quantitative estimate of drug-likeness (QED) is 0.792. The largest absolute Gasteiger partial charge is 0.385 e. The highest BCUT2D eigenvalue weighted by atomic mass is 35.5. The molecule has 0 bridgehead atoms. The molecule has 0 amide bonds. The highest BCUT2D eigenvalue weighted by molar-refractivity contribution is 6.31. The SMILES string of the molecule is Cc1cc(F)c(C2(O)CCC(C)(C)CC2)cc1Cl. The molecule has 0 spiro atoms. The molecule has 18 heavy (non-hydrogen) atoms. The zero-order valence-corrected chi connectivity index (χ0v) is 11.9. The van der Waals surface area contributed by atoms with E-state index in [1.54, 1.807) is 13.0 Å². The van der Waals surface area contributed by atoms with Crippen LogP contribution < -0.4 is 0 Å². The monoisotopic (exact) mass is 270 g/mol. The minimum atomic E-state index is -1.06. The number of aryl methyl sites for hydroxylation is 1. The van der Waals surface area contributed by atoms with Crippen molar-refractivity contribution in [2.75, 3.05) is 0 Å². The van der Waals surface area contributed by atoms with Crippen LogP contribution in [-0.4, -0.2) is 5.11 Å². The number of hydrogen-bond donors (Lipinski definition) is 1. The van der Waals surface area contributed by atoms with Crippen LogP contribution in [0.4, 0.5) is 4.39 Å². The van der Waals surface area contributed by atoms with Crippen molar-refractivity contribution in [3.8, 4) is 0 Å². The first kappa shape index (κ1) is 13.8. The molecule has 1 N–H and O–H groups in total. The standard InChI is InChI=1S/C15H20ClFO/c1-10-8-13(17)11(9-12(10)16)15(18)6-4-14(2,3)5-7-15/h8-9,18H,4-7H2,1-3H3. The second kappa shape index (κ2) is 4.50. The number of benzene rings is 1. The number of hydrogen-bond acceptors (Lipinski definition) is 1. The molecule has 0 heterocycles. The highest BCUT2D eigenvalue weighted by Crippen LogP contribution is 2.46. The van der Waals surface area contributed by atoms with E-state index in [2.05, 4.69) is 13.8 Å². The van der Waals surface area contributed by atoms with E-state index in [1.807, 2.05) is 0 Å². The molecule has 1 aromatic rings. The zero-order chi connectivity index (χ0) is 13.6. The molecule has 0 saturated heterocycles. The Labute approximate surface area is 113 Å². The first-order valence-corrected chi connectivity index (χ1v) is 6.80. The molecule has 1 aliphatic rings. The van der Waals surface area contributed by atoms with E-state index < -0.39 is 5.60 Å². The Kier molecular flexibility index (Phi) is 3.46. The molecule has 100 valence electrons.